The molecule has 0 bridgehead atoms. The topological polar surface area (TPSA) is 91.0 Å². The van der Waals surface area contributed by atoms with Crippen molar-refractivity contribution in [2.24, 2.45) is 0 Å². The molecule has 0 saturated carbocycles. The van der Waals surface area contributed by atoms with Crippen LogP contribution < -0.4 is 15.5 Å². The molecule has 0 aromatic heterocycles. The Bertz CT molecular complexity index is 1030. The van der Waals surface area contributed by atoms with Gasteiger partial charge in [-0.25, -0.2) is 5.01 Å². The van der Waals surface area contributed by atoms with Gasteiger partial charge in [-0.2, -0.15) is 0 Å². The fraction of sp³-hybridized carbons (Fsp3) is 0.273. The fourth-order valence-corrected chi connectivity index (χ4v) is 3.75. The predicted molar refractivity (Wildman–Crippen MR) is 125 cm³/mol. The van der Waals surface area contributed by atoms with Crippen molar-refractivity contribution >= 4 is 52.3 Å². The monoisotopic (exact) mass is 474 g/mol. The minimum Gasteiger partial charge on any atom is -0.494 e. The van der Waals surface area contributed by atoms with E-state index in [0.29, 0.717) is 35.2 Å². The van der Waals surface area contributed by atoms with Crippen LogP contribution in [0.15, 0.2) is 48.5 Å². The van der Waals surface area contributed by atoms with E-state index >= 15 is 0 Å². The molecule has 32 heavy (non-hydrogen) atoms. The number of carbonyl (C=O) groups is 3. The number of ether oxygens (including phenoxy) is 1. The van der Waals surface area contributed by atoms with E-state index in [0.717, 1.165) is 0 Å². The number of halogens is 1. The molecule has 2 aromatic rings. The van der Waals surface area contributed by atoms with E-state index in [9.17, 15) is 14.4 Å². The Labute approximate surface area is 196 Å². The largest absolute Gasteiger partial charge is 0.494 e. The predicted octanol–water partition coefficient (Wildman–Crippen LogP) is 3.23. The molecule has 2 aromatic carbocycles. The number of nitrogens with zero attached hydrogens (tertiary/aromatic N) is 2. The number of nitrogens with one attached hydrogen (secondary N) is 2. The summed E-state index contributed by atoms with van der Waals surface area (Å²) in [7, 11) is 0. The molecule has 1 aliphatic heterocycles. The molecule has 3 amide bonds. The quantitative estimate of drug-likeness (QED) is 0.571. The van der Waals surface area contributed by atoms with Gasteiger partial charge in [0, 0.05) is 28.9 Å². The van der Waals surface area contributed by atoms with Crippen LogP contribution in [0.4, 0.5) is 5.69 Å². The van der Waals surface area contributed by atoms with Crippen LogP contribution in [0.3, 0.4) is 0 Å². The highest BCUT2D eigenvalue weighted by atomic mass is 35.5. The molecule has 10 heteroatoms. The van der Waals surface area contributed by atoms with Gasteiger partial charge >= 0.3 is 0 Å². The van der Waals surface area contributed by atoms with Gasteiger partial charge in [-0.3, -0.25) is 24.7 Å². The average Bonchev–Trinajstić information content (AvgIpc) is 2.98. The number of benzene rings is 2. The molecule has 1 saturated heterocycles. The van der Waals surface area contributed by atoms with Crippen LogP contribution in [0.1, 0.15) is 30.6 Å². The highest BCUT2D eigenvalue weighted by Crippen LogP contribution is 2.22. The highest BCUT2D eigenvalue weighted by molar-refractivity contribution is 7.80. The number of thiocarbonyl (C=S) groups is 1. The van der Waals surface area contributed by atoms with E-state index in [1.54, 1.807) is 55.5 Å². The lowest BCUT2D eigenvalue weighted by molar-refractivity contribution is -0.130. The highest BCUT2D eigenvalue weighted by Gasteiger charge is 2.43. The summed E-state index contributed by atoms with van der Waals surface area (Å²) in [6, 6.07) is 12.3. The van der Waals surface area contributed by atoms with Gasteiger partial charge in [0.05, 0.1) is 13.0 Å². The summed E-state index contributed by atoms with van der Waals surface area (Å²) in [6.45, 7) is 4.46. The number of hydrogen-bond acceptors (Lipinski definition) is 5. The zero-order valence-electron chi connectivity index (χ0n) is 17.6. The van der Waals surface area contributed by atoms with Crippen LogP contribution in [0.5, 0.6) is 5.75 Å². The van der Waals surface area contributed by atoms with Crippen LogP contribution in [-0.4, -0.2) is 51.9 Å². The van der Waals surface area contributed by atoms with Crippen LogP contribution >= 0.6 is 23.8 Å². The van der Waals surface area contributed by atoms with E-state index in [2.05, 4.69) is 10.7 Å². The third-order valence-corrected chi connectivity index (χ3v) is 5.42. The van der Waals surface area contributed by atoms with Gasteiger partial charge in [0.1, 0.15) is 11.8 Å². The van der Waals surface area contributed by atoms with Crippen molar-refractivity contribution in [2.45, 2.75) is 26.3 Å². The fourth-order valence-electron chi connectivity index (χ4n) is 3.24. The summed E-state index contributed by atoms with van der Waals surface area (Å²) >= 11 is 11.3. The van der Waals surface area contributed by atoms with Gasteiger partial charge in [0.15, 0.2) is 5.11 Å². The normalized spacial score (nSPS) is 15.7. The first kappa shape index (κ1) is 23.5. The van der Waals surface area contributed by atoms with Crippen molar-refractivity contribution in [3.8, 4) is 5.75 Å². The Kier molecular flexibility index (Phi) is 7.66. The maximum absolute atomic E-state index is 12.9. The minimum absolute atomic E-state index is 0.135. The maximum atomic E-state index is 12.9. The zero-order chi connectivity index (χ0) is 23.3. The molecule has 1 atom stereocenters. The van der Waals surface area contributed by atoms with Crippen molar-refractivity contribution in [1.82, 2.24) is 15.3 Å². The first-order valence-corrected chi connectivity index (χ1v) is 10.9. The SMILES string of the molecule is CCOc1cccc(NC(=O)CC2C(=O)N(CC)C(=S)N2NC(=O)c2ccc(Cl)cc2)c1. The molecule has 8 nitrogen and oxygen atoms in total. The molecule has 0 radical (unpaired) electrons. The molecule has 2 N–H and O–H groups in total. The van der Waals surface area contributed by atoms with Crippen molar-refractivity contribution in [3.63, 3.8) is 0 Å². The van der Waals surface area contributed by atoms with Crippen LogP contribution in [0, 0.1) is 0 Å². The second-order valence-electron chi connectivity index (χ2n) is 6.91. The summed E-state index contributed by atoms with van der Waals surface area (Å²) in [5, 5.41) is 4.66. The molecule has 168 valence electrons. The van der Waals surface area contributed by atoms with E-state index in [-0.39, 0.29) is 17.4 Å². The lowest BCUT2D eigenvalue weighted by Crippen LogP contribution is -2.49. The van der Waals surface area contributed by atoms with Gasteiger partial charge < -0.3 is 10.1 Å². The molecule has 0 aliphatic carbocycles. The number of carbonyl (C=O) groups excluding carboxylic acids is 3. The number of likely N-dealkylation sites (N-methyl/N-ethyl adjacent to an activating group) is 1. The Morgan fingerprint density at radius 1 is 1.16 bits per heavy atom. The number of amides is 3. The minimum atomic E-state index is -0.964. The summed E-state index contributed by atoms with van der Waals surface area (Å²) in [5.74, 6) is -0.599. The van der Waals surface area contributed by atoms with Crippen LogP contribution in [0.2, 0.25) is 5.02 Å². The first-order valence-electron chi connectivity index (χ1n) is 10.1. The molecule has 1 aliphatic rings. The van der Waals surface area contributed by atoms with E-state index in [1.165, 1.54) is 9.91 Å². The lowest BCUT2D eigenvalue weighted by atomic mass is 10.1. The van der Waals surface area contributed by atoms with E-state index < -0.39 is 17.9 Å². The second kappa shape index (κ2) is 10.4. The number of hydrazine groups is 1. The molecule has 1 fully saturated rings. The zero-order valence-corrected chi connectivity index (χ0v) is 19.2. The summed E-state index contributed by atoms with van der Waals surface area (Å²) in [5.41, 5.74) is 3.53. The van der Waals surface area contributed by atoms with Gasteiger partial charge in [0.2, 0.25) is 5.91 Å². The third kappa shape index (κ3) is 5.35. The molecule has 3 rings (SSSR count). The van der Waals surface area contributed by atoms with E-state index in [4.69, 9.17) is 28.6 Å². The van der Waals surface area contributed by atoms with Gasteiger partial charge in [0.25, 0.3) is 11.8 Å². The second-order valence-corrected chi connectivity index (χ2v) is 7.71. The molecule has 0 spiro atoms. The third-order valence-electron chi connectivity index (χ3n) is 4.75. The average molecular weight is 475 g/mol. The first-order chi connectivity index (χ1) is 15.3. The molecular weight excluding hydrogens is 452 g/mol. The maximum Gasteiger partial charge on any atom is 0.269 e. The number of anilines is 1. The van der Waals surface area contributed by atoms with Crippen molar-refractivity contribution in [2.75, 3.05) is 18.5 Å². The standard InChI is InChI=1S/C22H23ClN4O4S/c1-3-26-21(30)18(13-19(28)24-16-6-5-7-17(12-16)31-4-2)27(22(26)32)25-20(29)14-8-10-15(23)11-9-14/h5-12,18H,3-4,13H2,1-2H3,(H,24,28)(H,25,29). The summed E-state index contributed by atoms with van der Waals surface area (Å²) in [4.78, 5) is 39.6. The summed E-state index contributed by atoms with van der Waals surface area (Å²) < 4.78 is 5.44. The smallest absolute Gasteiger partial charge is 0.269 e. The Morgan fingerprint density at radius 2 is 1.88 bits per heavy atom. The Hall–Kier alpha value is -3.17. The van der Waals surface area contributed by atoms with Gasteiger partial charge in [-0.1, -0.05) is 17.7 Å². The van der Waals surface area contributed by atoms with Crippen molar-refractivity contribution in [3.05, 3.63) is 59.1 Å². The lowest BCUT2D eigenvalue weighted by Gasteiger charge is -2.24. The number of hydrogen-bond donors (Lipinski definition) is 2. The van der Waals surface area contributed by atoms with Gasteiger partial charge in [-0.15, -0.1) is 0 Å². The van der Waals surface area contributed by atoms with Crippen LogP contribution in [-0.2, 0) is 9.59 Å². The molecule has 1 unspecified atom stereocenters. The Morgan fingerprint density at radius 3 is 2.53 bits per heavy atom. The molecule has 1 heterocycles. The Balaban J connectivity index is 1.74. The van der Waals surface area contributed by atoms with Gasteiger partial charge in [-0.05, 0) is 62.5 Å². The van der Waals surface area contributed by atoms with Crippen LogP contribution in [0.25, 0.3) is 0 Å². The summed E-state index contributed by atoms with van der Waals surface area (Å²) in [6.07, 6.45) is -0.199. The number of rotatable bonds is 8. The molecular formula is C22H23ClN4O4S. The van der Waals surface area contributed by atoms with E-state index in [1.807, 2.05) is 6.92 Å². The van der Waals surface area contributed by atoms with Crippen molar-refractivity contribution < 1.29 is 19.1 Å². The van der Waals surface area contributed by atoms with Crippen molar-refractivity contribution in [1.29, 1.82) is 0 Å².